The summed E-state index contributed by atoms with van der Waals surface area (Å²) in [5.74, 6) is -0.0566. The van der Waals surface area contributed by atoms with Crippen LogP contribution in [0.25, 0.3) is 0 Å². The number of methoxy groups -OCH3 is 1. The molecule has 0 aromatic carbocycles. The fourth-order valence-corrected chi connectivity index (χ4v) is 1.76. The van der Waals surface area contributed by atoms with Crippen molar-refractivity contribution in [3.63, 3.8) is 0 Å². The van der Waals surface area contributed by atoms with Crippen LogP contribution >= 0.6 is 0 Å². The molecule has 2 aromatic heterocycles. The van der Waals surface area contributed by atoms with Crippen LogP contribution in [0.15, 0.2) is 30.5 Å². The van der Waals surface area contributed by atoms with Gasteiger partial charge in [0.1, 0.15) is 11.4 Å². The van der Waals surface area contributed by atoms with Gasteiger partial charge in [-0.05, 0) is 25.1 Å². The van der Waals surface area contributed by atoms with Gasteiger partial charge in [0.2, 0.25) is 0 Å². The number of ether oxygens (including phenoxy) is 1. The third-order valence-corrected chi connectivity index (χ3v) is 2.70. The van der Waals surface area contributed by atoms with E-state index in [-0.39, 0.29) is 0 Å². The Hall–Kier alpha value is -2.63. The average molecular weight is 272 g/mol. The number of nitrogens with one attached hydrogen (secondary N) is 1. The Kier molecular flexibility index (Phi) is 4.14. The zero-order valence-corrected chi connectivity index (χ0v) is 11.4. The van der Waals surface area contributed by atoms with E-state index >= 15 is 0 Å². The molecule has 0 fully saturated rings. The van der Waals surface area contributed by atoms with Crippen LogP contribution < -0.4 is 11.1 Å². The highest BCUT2D eigenvalue weighted by Crippen LogP contribution is 2.17. The van der Waals surface area contributed by atoms with E-state index in [1.807, 2.05) is 25.1 Å². The molecule has 0 aliphatic carbocycles. The number of hydrogen-bond donors (Lipinski definition) is 2. The van der Waals surface area contributed by atoms with Crippen LogP contribution in [0.1, 0.15) is 21.7 Å². The molecule has 104 valence electrons. The van der Waals surface area contributed by atoms with Crippen molar-refractivity contribution in [3.05, 3.63) is 47.4 Å². The van der Waals surface area contributed by atoms with Crippen LogP contribution in [0.2, 0.25) is 0 Å². The van der Waals surface area contributed by atoms with Crippen molar-refractivity contribution < 1.29 is 9.53 Å². The lowest BCUT2D eigenvalue weighted by molar-refractivity contribution is 0.0601. The number of nitrogens with zero attached hydrogens (tertiary/aromatic N) is 2. The molecule has 0 aliphatic heterocycles. The number of aryl methyl sites for hydroxylation is 1. The van der Waals surface area contributed by atoms with Crippen LogP contribution in [0, 0.1) is 6.92 Å². The first kappa shape index (κ1) is 13.8. The van der Waals surface area contributed by atoms with Gasteiger partial charge in [0.25, 0.3) is 0 Å². The highest BCUT2D eigenvalue weighted by molar-refractivity contribution is 5.95. The van der Waals surface area contributed by atoms with Crippen LogP contribution in [-0.2, 0) is 11.3 Å². The largest absolute Gasteiger partial charge is 0.465 e. The van der Waals surface area contributed by atoms with E-state index in [0.29, 0.717) is 23.6 Å². The third-order valence-electron chi connectivity index (χ3n) is 2.70. The number of carbonyl (C=O) groups is 1. The lowest BCUT2D eigenvalue weighted by Gasteiger charge is -2.10. The van der Waals surface area contributed by atoms with E-state index in [1.54, 1.807) is 0 Å². The first-order valence-electron chi connectivity index (χ1n) is 6.10. The molecule has 20 heavy (non-hydrogen) atoms. The van der Waals surface area contributed by atoms with Gasteiger partial charge in [-0.25, -0.2) is 9.78 Å². The van der Waals surface area contributed by atoms with E-state index < -0.39 is 5.97 Å². The molecule has 0 aliphatic rings. The minimum Gasteiger partial charge on any atom is -0.465 e. The molecular weight excluding hydrogens is 256 g/mol. The number of pyridine rings is 2. The first-order valence-corrected chi connectivity index (χ1v) is 6.10. The number of aromatic nitrogens is 2. The molecule has 0 saturated heterocycles. The van der Waals surface area contributed by atoms with Crippen LogP contribution in [0.4, 0.5) is 11.5 Å². The summed E-state index contributed by atoms with van der Waals surface area (Å²) in [7, 11) is 1.32. The van der Waals surface area contributed by atoms with Crippen molar-refractivity contribution in [1.82, 2.24) is 9.97 Å². The number of anilines is 2. The van der Waals surface area contributed by atoms with Crippen molar-refractivity contribution >= 4 is 17.5 Å². The normalized spacial score (nSPS) is 10.1. The summed E-state index contributed by atoms with van der Waals surface area (Å²) in [5, 5.41) is 3.07. The van der Waals surface area contributed by atoms with Gasteiger partial charge >= 0.3 is 5.97 Å². The number of rotatable bonds is 4. The highest BCUT2D eigenvalue weighted by atomic mass is 16.5. The van der Waals surface area contributed by atoms with Crippen molar-refractivity contribution in [2.45, 2.75) is 13.5 Å². The standard InChI is InChI=1S/C14H16N4O2/c1-9-4-3-5-11(18-9)8-17-13-12(14(19)20-2)6-10(15)7-16-13/h3-7H,8,15H2,1-2H3,(H,16,17). The summed E-state index contributed by atoms with van der Waals surface area (Å²) in [6.45, 7) is 2.38. The maximum absolute atomic E-state index is 11.7. The molecule has 0 unspecified atom stereocenters. The van der Waals surface area contributed by atoms with Crippen molar-refractivity contribution in [2.75, 3.05) is 18.2 Å². The molecule has 0 bridgehead atoms. The minimum absolute atomic E-state index is 0.306. The van der Waals surface area contributed by atoms with Crippen molar-refractivity contribution in [1.29, 1.82) is 0 Å². The zero-order chi connectivity index (χ0) is 14.5. The van der Waals surface area contributed by atoms with Crippen molar-refractivity contribution in [2.24, 2.45) is 0 Å². The molecule has 0 atom stereocenters. The molecule has 2 rings (SSSR count). The lowest BCUT2D eigenvalue weighted by Crippen LogP contribution is -2.11. The number of nitrogen functional groups attached to an aromatic ring is 1. The summed E-state index contributed by atoms with van der Waals surface area (Å²) in [6.07, 6.45) is 1.48. The molecule has 2 aromatic rings. The van der Waals surface area contributed by atoms with Gasteiger partial charge in [0.15, 0.2) is 0 Å². The molecular formula is C14H16N4O2. The van der Waals surface area contributed by atoms with Gasteiger partial charge in [-0.3, -0.25) is 4.98 Å². The predicted octanol–water partition coefficient (Wildman–Crippen LogP) is 1.77. The monoisotopic (exact) mass is 272 g/mol. The van der Waals surface area contributed by atoms with Gasteiger partial charge in [-0.2, -0.15) is 0 Å². The summed E-state index contributed by atoms with van der Waals surface area (Å²) in [5.41, 5.74) is 8.14. The van der Waals surface area contributed by atoms with Crippen molar-refractivity contribution in [3.8, 4) is 0 Å². The average Bonchev–Trinajstić information content (AvgIpc) is 2.45. The smallest absolute Gasteiger partial charge is 0.341 e. The fourth-order valence-electron chi connectivity index (χ4n) is 1.76. The van der Waals surface area contributed by atoms with Crippen LogP contribution in [-0.4, -0.2) is 23.0 Å². The molecule has 2 heterocycles. The van der Waals surface area contributed by atoms with Gasteiger partial charge in [-0.1, -0.05) is 6.07 Å². The lowest BCUT2D eigenvalue weighted by atomic mass is 10.2. The Labute approximate surface area is 117 Å². The third kappa shape index (κ3) is 3.23. The van der Waals surface area contributed by atoms with E-state index in [1.165, 1.54) is 19.4 Å². The zero-order valence-electron chi connectivity index (χ0n) is 11.4. The summed E-state index contributed by atoms with van der Waals surface area (Å²) in [4.78, 5) is 20.2. The Morgan fingerprint density at radius 3 is 2.95 bits per heavy atom. The first-order chi connectivity index (χ1) is 9.60. The van der Waals surface area contributed by atoms with Gasteiger partial charge < -0.3 is 15.8 Å². The second kappa shape index (κ2) is 6.01. The molecule has 6 nitrogen and oxygen atoms in total. The van der Waals surface area contributed by atoms with Gasteiger partial charge in [0, 0.05) is 5.69 Å². The highest BCUT2D eigenvalue weighted by Gasteiger charge is 2.13. The van der Waals surface area contributed by atoms with E-state index in [0.717, 1.165) is 11.4 Å². The maximum Gasteiger partial charge on any atom is 0.341 e. The molecule has 6 heteroatoms. The number of nitrogens with two attached hydrogens (primary N) is 1. The SMILES string of the molecule is COC(=O)c1cc(N)cnc1NCc1cccc(C)n1. The fraction of sp³-hybridized carbons (Fsp3) is 0.214. The minimum atomic E-state index is -0.482. The Bertz CT molecular complexity index is 628. The molecule has 0 radical (unpaired) electrons. The number of esters is 1. The second-order valence-electron chi connectivity index (χ2n) is 4.28. The summed E-state index contributed by atoms with van der Waals surface area (Å²) in [6, 6.07) is 7.28. The molecule has 0 saturated carbocycles. The molecule has 0 amide bonds. The molecule has 3 N–H and O–H groups in total. The topological polar surface area (TPSA) is 90.1 Å². The van der Waals surface area contributed by atoms with E-state index in [4.69, 9.17) is 10.5 Å². The van der Waals surface area contributed by atoms with Gasteiger partial charge in [0.05, 0.1) is 31.2 Å². The Morgan fingerprint density at radius 1 is 1.45 bits per heavy atom. The second-order valence-corrected chi connectivity index (χ2v) is 4.28. The number of carbonyl (C=O) groups excluding carboxylic acids is 1. The molecule has 0 spiro atoms. The maximum atomic E-state index is 11.7. The Morgan fingerprint density at radius 2 is 2.25 bits per heavy atom. The van der Waals surface area contributed by atoms with Crippen LogP contribution in [0.5, 0.6) is 0 Å². The van der Waals surface area contributed by atoms with Gasteiger partial charge in [-0.15, -0.1) is 0 Å². The number of hydrogen-bond acceptors (Lipinski definition) is 6. The Balaban J connectivity index is 2.19. The summed E-state index contributed by atoms with van der Waals surface area (Å²) >= 11 is 0. The van der Waals surface area contributed by atoms with Crippen LogP contribution in [0.3, 0.4) is 0 Å². The summed E-state index contributed by atoms with van der Waals surface area (Å²) < 4.78 is 4.71. The predicted molar refractivity (Wildman–Crippen MR) is 76.3 cm³/mol. The van der Waals surface area contributed by atoms with E-state index in [9.17, 15) is 4.79 Å². The van der Waals surface area contributed by atoms with E-state index in [2.05, 4.69) is 15.3 Å². The quantitative estimate of drug-likeness (QED) is 0.824.